The van der Waals surface area contributed by atoms with E-state index in [0.717, 1.165) is 0 Å². The van der Waals surface area contributed by atoms with Gasteiger partial charge in [-0.25, -0.2) is 22.0 Å². The van der Waals surface area contributed by atoms with Crippen molar-refractivity contribution in [1.82, 2.24) is 0 Å². The molecular weight excluding hydrogens is 296 g/mol. The Morgan fingerprint density at radius 3 is 1.84 bits per heavy atom. The molecule has 0 unspecified atom stereocenters. The molecule has 0 heterocycles. The normalized spacial score (nSPS) is 11.2. The fraction of sp³-hybridized carbons (Fsp3) is 0. The van der Waals surface area contributed by atoms with E-state index in [1.165, 1.54) is 0 Å². The Labute approximate surface area is 103 Å². The molecule has 0 atom stereocenters. The molecule has 0 N–H and O–H groups in total. The molecule has 0 radical (unpaired) electrons. The lowest BCUT2D eigenvalue weighted by molar-refractivity contribution is -0.129. The first kappa shape index (κ1) is 15.1. The SMILES string of the molecule is C=CC(=O)Oc1c(F)c(F)c(S(=O)(=O)[O-])c(F)c1F. The van der Waals surface area contributed by atoms with Crippen LogP contribution in [0.3, 0.4) is 0 Å². The Kier molecular flexibility index (Phi) is 3.96. The summed E-state index contributed by atoms with van der Waals surface area (Å²) in [6.07, 6.45) is 0.437. The van der Waals surface area contributed by atoms with Crippen LogP contribution < -0.4 is 4.74 Å². The van der Waals surface area contributed by atoms with Gasteiger partial charge in [0.15, 0.2) is 11.6 Å². The average Bonchev–Trinajstić information content (AvgIpc) is 2.30. The van der Waals surface area contributed by atoms with E-state index >= 15 is 0 Å². The maximum absolute atomic E-state index is 13.2. The van der Waals surface area contributed by atoms with E-state index in [2.05, 4.69) is 11.3 Å². The van der Waals surface area contributed by atoms with Gasteiger partial charge in [0, 0.05) is 6.08 Å². The number of rotatable bonds is 3. The van der Waals surface area contributed by atoms with Gasteiger partial charge in [0.25, 0.3) is 0 Å². The van der Waals surface area contributed by atoms with Gasteiger partial charge in [0.05, 0.1) is 0 Å². The van der Waals surface area contributed by atoms with E-state index in [9.17, 15) is 35.3 Å². The molecule has 0 fully saturated rings. The molecule has 0 saturated heterocycles. The molecule has 0 amide bonds. The molecule has 0 aromatic heterocycles. The van der Waals surface area contributed by atoms with Crippen molar-refractivity contribution < 1.29 is 40.1 Å². The number of carbonyl (C=O) groups is 1. The Morgan fingerprint density at radius 2 is 1.53 bits per heavy atom. The Bertz CT molecular complexity index is 639. The highest BCUT2D eigenvalue weighted by Crippen LogP contribution is 2.32. The van der Waals surface area contributed by atoms with Crippen molar-refractivity contribution in [2.24, 2.45) is 0 Å². The van der Waals surface area contributed by atoms with Gasteiger partial charge in [-0.3, -0.25) is 0 Å². The second-order valence-corrected chi connectivity index (χ2v) is 4.31. The Morgan fingerprint density at radius 1 is 1.11 bits per heavy atom. The number of hydrogen-bond donors (Lipinski definition) is 0. The first-order chi connectivity index (χ1) is 8.61. The molecule has 10 heteroatoms. The number of benzene rings is 1. The first-order valence-electron chi connectivity index (χ1n) is 4.27. The number of ether oxygens (including phenoxy) is 1. The van der Waals surface area contributed by atoms with Gasteiger partial charge in [0.2, 0.25) is 17.4 Å². The lowest BCUT2D eigenvalue weighted by Gasteiger charge is -2.13. The van der Waals surface area contributed by atoms with E-state index in [0.29, 0.717) is 6.08 Å². The minimum absolute atomic E-state index is 0.437. The summed E-state index contributed by atoms with van der Waals surface area (Å²) in [5.41, 5.74) is 0. The molecule has 1 aromatic rings. The number of halogens is 4. The first-order valence-corrected chi connectivity index (χ1v) is 5.68. The predicted molar refractivity (Wildman–Crippen MR) is 50.1 cm³/mol. The number of esters is 1. The third-order valence-electron chi connectivity index (χ3n) is 1.80. The van der Waals surface area contributed by atoms with Crippen LogP contribution in [0.25, 0.3) is 0 Å². The molecule has 0 saturated carbocycles. The van der Waals surface area contributed by atoms with Crippen molar-refractivity contribution in [1.29, 1.82) is 0 Å². The maximum Gasteiger partial charge on any atom is 0.335 e. The highest BCUT2D eigenvalue weighted by atomic mass is 32.2. The van der Waals surface area contributed by atoms with Crippen molar-refractivity contribution >= 4 is 16.1 Å². The van der Waals surface area contributed by atoms with E-state index < -0.39 is 50.0 Å². The van der Waals surface area contributed by atoms with Crippen LogP contribution in [0, 0.1) is 23.3 Å². The smallest absolute Gasteiger partial charge is 0.335 e. The Balaban J connectivity index is 3.66. The predicted octanol–water partition coefficient (Wildman–Crippen LogP) is 1.24. The van der Waals surface area contributed by atoms with Crippen LogP contribution >= 0.6 is 0 Å². The van der Waals surface area contributed by atoms with E-state index in [4.69, 9.17) is 0 Å². The minimum Gasteiger partial charge on any atom is -0.744 e. The topological polar surface area (TPSA) is 83.5 Å². The summed E-state index contributed by atoms with van der Waals surface area (Å²) in [5.74, 6) is -12.9. The molecule has 1 rings (SSSR count). The van der Waals surface area contributed by atoms with Crippen LogP contribution in [0.1, 0.15) is 0 Å². The van der Waals surface area contributed by atoms with Gasteiger partial charge in [-0.05, 0) is 0 Å². The van der Waals surface area contributed by atoms with E-state index in [1.807, 2.05) is 0 Å². The molecule has 0 aliphatic rings. The number of carbonyl (C=O) groups excluding carboxylic acids is 1. The average molecular weight is 299 g/mol. The summed E-state index contributed by atoms with van der Waals surface area (Å²) in [6.45, 7) is 2.86. The molecule has 104 valence electrons. The van der Waals surface area contributed by atoms with Crippen molar-refractivity contribution in [3.63, 3.8) is 0 Å². The lowest BCUT2D eigenvalue weighted by atomic mass is 10.3. The summed E-state index contributed by atoms with van der Waals surface area (Å²) in [4.78, 5) is 8.36. The second kappa shape index (κ2) is 4.97. The van der Waals surface area contributed by atoms with Gasteiger partial charge in [0.1, 0.15) is 15.0 Å². The summed E-state index contributed by atoms with van der Waals surface area (Å²) in [7, 11) is -5.80. The molecule has 1 aromatic carbocycles. The van der Waals surface area contributed by atoms with Crippen molar-refractivity contribution in [2.45, 2.75) is 4.90 Å². The highest BCUT2D eigenvalue weighted by Gasteiger charge is 2.30. The maximum atomic E-state index is 13.2. The van der Waals surface area contributed by atoms with Crippen LogP contribution in [-0.2, 0) is 14.9 Å². The van der Waals surface area contributed by atoms with Gasteiger partial charge < -0.3 is 9.29 Å². The molecule has 0 bridgehead atoms. The van der Waals surface area contributed by atoms with Crippen LogP contribution in [0.2, 0.25) is 0 Å². The van der Waals surface area contributed by atoms with Crippen LogP contribution in [0.5, 0.6) is 5.75 Å². The van der Waals surface area contributed by atoms with Gasteiger partial charge in [-0.15, -0.1) is 0 Å². The lowest BCUT2D eigenvalue weighted by Crippen LogP contribution is -2.14. The zero-order valence-electron chi connectivity index (χ0n) is 8.75. The van der Waals surface area contributed by atoms with Crippen molar-refractivity contribution in [3.05, 3.63) is 35.9 Å². The minimum atomic E-state index is -5.80. The molecule has 0 spiro atoms. The fourth-order valence-electron chi connectivity index (χ4n) is 1.04. The summed E-state index contributed by atoms with van der Waals surface area (Å²) in [6, 6.07) is 0. The zero-order valence-corrected chi connectivity index (χ0v) is 9.56. The van der Waals surface area contributed by atoms with Crippen LogP contribution in [0.4, 0.5) is 17.6 Å². The third kappa shape index (κ3) is 2.74. The van der Waals surface area contributed by atoms with Crippen LogP contribution in [-0.4, -0.2) is 18.9 Å². The molecule has 0 aliphatic heterocycles. The molecule has 0 aliphatic carbocycles. The van der Waals surface area contributed by atoms with Gasteiger partial charge >= 0.3 is 5.97 Å². The van der Waals surface area contributed by atoms with E-state index in [1.54, 1.807) is 0 Å². The second-order valence-electron chi connectivity index (χ2n) is 2.99. The van der Waals surface area contributed by atoms with Gasteiger partial charge in [-0.1, -0.05) is 6.58 Å². The zero-order chi connectivity index (χ0) is 15.0. The van der Waals surface area contributed by atoms with Crippen molar-refractivity contribution in [2.75, 3.05) is 0 Å². The van der Waals surface area contributed by atoms with E-state index in [-0.39, 0.29) is 0 Å². The van der Waals surface area contributed by atoms with Crippen molar-refractivity contribution in [3.8, 4) is 5.75 Å². The number of hydrogen-bond acceptors (Lipinski definition) is 5. The fourth-order valence-corrected chi connectivity index (χ4v) is 1.66. The Hall–Kier alpha value is -1.94. The van der Waals surface area contributed by atoms with Gasteiger partial charge in [-0.2, -0.15) is 8.78 Å². The standard InChI is InChI=1S/C9H4F4O5S/c1-2-3(14)18-8-4(10)6(12)9(19(15,16)17)7(13)5(8)11/h2H,1H2,(H,15,16,17)/p-1. The van der Waals surface area contributed by atoms with Crippen LogP contribution in [0.15, 0.2) is 17.6 Å². The highest BCUT2D eigenvalue weighted by molar-refractivity contribution is 7.85. The quantitative estimate of drug-likeness (QED) is 0.209. The third-order valence-corrected chi connectivity index (χ3v) is 2.66. The monoisotopic (exact) mass is 299 g/mol. The summed E-state index contributed by atoms with van der Waals surface area (Å²) in [5, 5.41) is 0. The molecular formula is C9H3F4O5S-. The molecule has 5 nitrogen and oxygen atoms in total. The summed E-state index contributed by atoms with van der Waals surface area (Å²) < 4.78 is 88.1. The summed E-state index contributed by atoms with van der Waals surface area (Å²) >= 11 is 0. The molecule has 19 heavy (non-hydrogen) atoms. The largest absolute Gasteiger partial charge is 0.744 e.